The van der Waals surface area contributed by atoms with Gasteiger partial charge in [0.2, 0.25) is 10.0 Å². The number of hydrogen-bond donors (Lipinski definition) is 2. The Hall–Kier alpha value is -2.39. The molecule has 0 radical (unpaired) electrons. The van der Waals surface area contributed by atoms with Crippen molar-refractivity contribution in [3.8, 4) is 0 Å². The fourth-order valence-corrected chi connectivity index (χ4v) is 4.96. The lowest BCUT2D eigenvalue weighted by atomic mass is 10.2. The zero-order chi connectivity index (χ0) is 21.7. The molecular weight excluding hydrogens is 449 g/mol. The molecule has 3 rings (SSSR count). The second kappa shape index (κ2) is 9.61. The molecule has 0 atom stereocenters. The molecule has 1 aliphatic rings. The van der Waals surface area contributed by atoms with Crippen molar-refractivity contribution in [2.75, 3.05) is 13.1 Å². The van der Waals surface area contributed by atoms with E-state index in [4.69, 9.17) is 23.2 Å². The van der Waals surface area contributed by atoms with Crippen LogP contribution in [0.3, 0.4) is 0 Å². The molecule has 0 saturated carbocycles. The summed E-state index contributed by atoms with van der Waals surface area (Å²) in [4.78, 5) is 24.2. The molecule has 0 spiro atoms. The maximum Gasteiger partial charge on any atom is 0.269 e. The number of hydrogen-bond acceptors (Lipinski definition) is 4. The molecule has 1 saturated heterocycles. The van der Waals surface area contributed by atoms with E-state index in [1.807, 2.05) is 0 Å². The van der Waals surface area contributed by atoms with Gasteiger partial charge in [-0.1, -0.05) is 29.3 Å². The highest BCUT2D eigenvalue weighted by Gasteiger charge is 2.27. The SMILES string of the molecule is O=C(/C=C/c1c(Cl)cccc1Cl)NNC(=O)c1ccc(S(=O)(=O)N2CCCC2)cc1. The molecule has 2 N–H and O–H groups in total. The molecule has 10 heteroatoms. The summed E-state index contributed by atoms with van der Waals surface area (Å²) in [6.07, 6.45) is 4.30. The number of carbonyl (C=O) groups excluding carboxylic acids is 2. The lowest BCUT2D eigenvalue weighted by Crippen LogP contribution is -2.40. The van der Waals surface area contributed by atoms with Crippen molar-refractivity contribution < 1.29 is 18.0 Å². The summed E-state index contributed by atoms with van der Waals surface area (Å²) in [5, 5.41) is 0.777. The van der Waals surface area contributed by atoms with Gasteiger partial charge in [0.25, 0.3) is 11.8 Å². The predicted molar refractivity (Wildman–Crippen MR) is 116 cm³/mol. The molecular formula is C20H19Cl2N3O4S. The summed E-state index contributed by atoms with van der Waals surface area (Å²) in [6, 6.07) is 10.5. The van der Waals surface area contributed by atoms with Crippen molar-refractivity contribution in [1.82, 2.24) is 15.2 Å². The van der Waals surface area contributed by atoms with E-state index in [1.165, 1.54) is 40.7 Å². The topological polar surface area (TPSA) is 95.6 Å². The molecule has 2 aromatic rings. The first-order valence-electron chi connectivity index (χ1n) is 9.11. The Balaban J connectivity index is 1.58. The summed E-state index contributed by atoms with van der Waals surface area (Å²) >= 11 is 12.0. The molecule has 2 aromatic carbocycles. The number of benzene rings is 2. The van der Waals surface area contributed by atoms with Gasteiger partial charge in [0.15, 0.2) is 0 Å². The van der Waals surface area contributed by atoms with Gasteiger partial charge >= 0.3 is 0 Å². The van der Waals surface area contributed by atoms with Gasteiger partial charge in [0, 0.05) is 40.3 Å². The minimum absolute atomic E-state index is 0.129. The Labute approximate surface area is 184 Å². The average Bonchev–Trinajstić information content (AvgIpc) is 3.27. The summed E-state index contributed by atoms with van der Waals surface area (Å²) < 4.78 is 26.4. The van der Waals surface area contributed by atoms with Crippen LogP contribution in [0.25, 0.3) is 6.08 Å². The number of nitrogens with one attached hydrogen (secondary N) is 2. The van der Waals surface area contributed by atoms with Gasteiger partial charge in [-0.3, -0.25) is 20.4 Å². The van der Waals surface area contributed by atoms with Crippen molar-refractivity contribution in [1.29, 1.82) is 0 Å². The highest BCUT2D eigenvalue weighted by molar-refractivity contribution is 7.89. The molecule has 0 aliphatic carbocycles. The van der Waals surface area contributed by atoms with Crippen molar-refractivity contribution >= 4 is 51.1 Å². The standard InChI is InChI=1S/C20H19Cl2N3O4S/c21-17-4-3-5-18(22)16(17)10-11-19(26)23-24-20(27)14-6-8-15(9-7-14)30(28,29)25-12-1-2-13-25/h3-11H,1-2,12-13H2,(H,23,26)(H,24,27)/b11-10+. The third kappa shape index (κ3) is 5.20. The van der Waals surface area contributed by atoms with E-state index in [1.54, 1.807) is 18.2 Å². The summed E-state index contributed by atoms with van der Waals surface area (Å²) in [7, 11) is -3.55. The number of halogens is 2. The second-order valence-electron chi connectivity index (χ2n) is 6.55. The van der Waals surface area contributed by atoms with Crippen LogP contribution in [0, 0.1) is 0 Å². The number of amides is 2. The molecule has 2 amide bonds. The predicted octanol–water partition coefficient (Wildman–Crippen LogP) is 3.25. The highest BCUT2D eigenvalue weighted by atomic mass is 35.5. The van der Waals surface area contributed by atoms with Crippen molar-refractivity contribution in [2.24, 2.45) is 0 Å². The van der Waals surface area contributed by atoms with Crippen LogP contribution in [0.5, 0.6) is 0 Å². The van der Waals surface area contributed by atoms with Crippen LogP contribution in [0.2, 0.25) is 10.0 Å². The molecule has 158 valence electrons. The van der Waals surface area contributed by atoms with E-state index >= 15 is 0 Å². The minimum Gasteiger partial charge on any atom is -0.268 e. The summed E-state index contributed by atoms with van der Waals surface area (Å²) in [6.45, 7) is 1.01. The van der Waals surface area contributed by atoms with Crippen molar-refractivity contribution in [3.63, 3.8) is 0 Å². The Morgan fingerprint density at radius 3 is 2.13 bits per heavy atom. The molecule has 1 heterocycles. The number of sulfonamides is 1. The first-order valence-corrected chi connectivity index (χ1v) is 11.3. The largest absolute Gasteiger partial charge is 0.269 e. The van der Waals surface area contributed by atoms with Crippen LogP contribution < -0.4 is 10.9 Å². The van der Waals surface area contributed by atoms with Crippen LogP contribution in [-0.2, 0) is 14.8 Å². The average molecular weight is 468 g/mol. The first kappa shape index (κ1) is 22.3. The number of rotatable bonds is 5. The van der Waals surface area contributed by atoms with E-state index in [0.29, 0.717) is 28.7 Å². The van der Waals surface area contributed by atoms with Gasteiger partial charge in [-0.2, -0.15) is 4.31 Å². The third-order valence-corrected chi connectivity index (χ3v) is 7.09. The van der Waals surface area contributed by atoms with Crippen LogP contribution in [0.1, 0.15) is 28.8 Å². The summed E-state index contributed by atoms with van der Waals surface area (Å²) in [5.41, 5.74) is 5.19. The maximum absolute atomic E-state index is 12.5. The van der Waals surface area contributed by atoms with Crippen LogP contribution in [0.4, 0.5) is 0 Å². The number of hydrazine groups is 1. The second-order valence-corrected chi connectivity index (χ2v) is 9.30. The molecule has 30 heavy (non-hydrogen) atoms. The smallest absolute Gasteiger partial charge is 0.268 e. The molecule has 0 unspecified atom stereocenters. The third-order valence-electron chi connectivity index (χ3n) is 4.52. The normalized spacial score (nSPS) is 14.7. The van der Waals surface area contributed by atoms with E-state index in [-0.39, 0.29) is 10.5 Å². The van der Waals surface area contributed by atoms with Crippen LogP contribution >= 0.6 is 23.2 Å². The Morgan fingerprint density at radius 1 is 0.933 bits per heavy atom. The minimum atomic E-state index is -3.55. The van der Waals surface area contributed by atoms with Crippen LogP contribution in [-0.4, -0.2) is 37.6 Å². The van der Waals surface area contributed by atoms with Gasteiger partial charge in [-0.25, -0.2) is 8.42 Å². The Morgan fingerprint density at radius 2 is 1.53 bits per heavy atom. The molecule has 0 bridgehead atoms. The van der Waals surface area contributed by atoms with Gasteiger partial charge < -0.3 is 0 Å². The van der Waals surface area contributed by atoms with Crippen molar-refractivity contribution in [3.05, 3.63) is 69.7 Å². The van der Waals surface area contributed by atoms with Gasteiger partial charge in [0.1, 0.15) is 0 Å². The number of nitrogens with zero attached hydrogens (tertiary/aromatic N) is 1. The zero-order valence-corrected chi connectivity index (χ0v) is 18.1. The molecule has 1 aliphatic heterocycles. The lowest BCUT2D eigenvalue weighted by molar-refractivity contribution is -0.117. The van der Waals surface area contributed by atoms with Gasteiger partial charge in [-0.05, 0) is 55.3 Å². The number of carbonyl (C=O) groups is 2. The van der Waals surface area contributed by atoms with Crippen LogP contribution in [0.15, 0.2) is 53.4 Å². The van der Waals surface area contributed by atoms with E-state index in [0.717, 1.165) is 12.8 Å². The highest BCUT2D eigenvalue weighted by Crippen LogP contribution is 2.25. The summed E-state index contributed by atoms with van der Waals surface area (Å²) in [5.74, 6) is -1.18. The van der Waals surface area contributed by atoms with E-state index in [9.17, 15) is 18.0 Å². The fourth-order valence-electron chi connectivity index (χ4n) is 2.92. The van der Waals surface area contributed by atoms with Gasteiger partial charge in [-0.15, -0.1) is 0 Å². The maximum atomic E-state index is 12.5. The molecule has 1 fully saturated rings. The molecule has 7 nitrogen and oxygen atoms in total. The quantitative estimate of drug-likeness (QED) is 0.520. The van der Waals surface area contributed by atoms with E-state index < -0.39 is 21.8 Å². The zero-order valence-electron chi connectivity index (χ0n) is 15.8. The van der Waals surface area contributed by atoms with E-state index in [2.05, 4.69) is 10.9 Å². The first-order chi connectivity index (χ1) is 14.3. The Bertz CT molecular complexity index is 1060. The fraction of sp³-hybridized carbons (Fsp3) is 0.200. The van der Waals surface area contributed by atoms with Gasteiger partial charge in [0.05, 0.1) is 4.90 Å². The Kier molecular flexibility index (Phi) is 7.14. The van der Waals surface area contributed by atoms with Crippen molar-refractivity contribution in [2.45, 2.75) is 17.7 Å². The lowest BCUT2D eigenvalue weighted by Gasteiger charge is -2.15. The monoisotopic (exact) mass is 467 g/mol. The molecule has 0 aromatic heterocycles.